The van der Waals surface area contributed by atoms with Crippen molar-refractivity contribution in [2.75, 3.05) is 12.4 Å². The highest BCUT2D eigenvalue weighted by molar-refractivity contribution is 5.89. The van der Waals surface area contributed by atoms with E-state index in [0.29, 0.717) is 6.54 Å². The van der Waals surface area contributed by atoms with E-state index in [9.17, 15) is 4.79 Å². The van der Waals surface area contributed by atoms with Crippen LogP contribution in [0.25, 0.3) is 0 Å². The minimum atomic E-state index is -0.157. The van der Waals surface area contributed by atoms with Crippen LogP contribution in [0.1, 0.15) is 11.3 Å². The number of carbonyl (C=O) groups is 1. The molecule has 0 aliphatic rings. The first-order valence-corrected chi connectivity index (χ1v) is 5.76. The maximum atomic E-state index is 11.9. The van der Waals surface area contributed by atoms with E-state index in [2.05, 4.69) is 5.32 Å². The summed E-state index contributed by atoms with van der Waals surface area (Å²) in [6.07, 6.45) is 1.60. The number of hydrogen-bond acceptors (Lipinski definition) is 2. The molecular weight excluding hydrogens is 228 g/mol. The summed E-state index contributed by atoms with van der Waals surface area (Å²) in [5.74, 6) is 0.761. The number of rotatable bonds is 3. The van der Waals surface area contributed by atoms with Crippen molar-refractivity contribution in [3.63, 3.8) is 0 Å². The van der Waals surface area contributed by atoms with Gasteiger partial charge >= 0.3 is 6.03 Å². The average Bonchev–Trinajstić information content (AvgIpc) is 2.85. The third kappa shape index (κ3) is 3.13. The lowest BCUT2D eigenvalue weighted by atomic mass is 10.2. The molecule has 2 rings (SSSR count). The molecule has 18 heavy (non-hydrogen) atoms. The van der Waals surface area contributed by atoms with Crippen LogP contribution in [-0.4, -0.2) is 18.0 Å². The summed E-state index contributed by atoms with van der Waals surface area (Å²) < 4.78 is 5.20. The quantitative estimate of drug-likeness (QED) is 0.900. The first kappa shape index (κ1) is 12.2. The molecule has 0 radical (unpaired) electrons. The summed E-state index contributed by atoms with van der Waals surface area (Å²) in [4.78, 5) is 13.5. The van der Waals surface area contributed by atoms with Gasteiger partial charge in [-0.3, -0.25) is 0 Å². The number of amides is 2. The zero-order chi connectivity index (χ0) is 13.0. The fraction of sp³-hybridized carbons (Fsp3) is 0.214. The second kappa shape index (κ2) is 5.40. The molecule has 2 amide bonds. The fourth-order valence-corrected chi connectivity index (χ4v) is 1.56. The number of carbonyl (C=O) groups excluding carboxylic acids is 1. The summed E-state index contributed by atoms with van der Waals surface area (Å²) in [5, 5.41) is 2.83. The van der Waals surface area contributed by atoms with Crippen LogP contribution in [0.2, 0.25) is 0 Å². The summed E-state index contributed by atoms with van der Waals surface area (Å²) in [6, 6.07) is 11.2. The maximum Gasteiger partial charge on any atom is 0.321 e. The fourth-order valence-electron chi connectivity index (χ4n) is 1.56. The van der Waals surface area contributed by atoms with Gasteiger partial charge in [0.2, 0.25) is 0 Å². The van der Waals surface area contributed by atoms with E-state index >= 15 is 0 Å². The van der Waals surface area contributed by atoms with Gasteiger partial charge in [0.1, 0.15) is 5.76 Å². The van der Waals surface area contributed by atoms with Crippen molar-refractivity contribution in [1.29, 1.82) is 0 Å². The molecule has 0 bridgehead atoms. The van der Waals surface area contributed by atoms with Gasteiger partial charge < -0.3 is 14.6 Å². The molecule has 1 aromatic carbocycles. The SMILES string of the molecule is Cc1ccc(NC(=O)N(C)Cc2ccco2)cc1. The highest BCUT2D eigenvalue weighted by Gasteiger charge is 2.10. The van der Waals surface area contributed by atoms with Crippen molar-refractivity contribution in [2.45, 2.75) is 13.5 Å². The van der Waals surface area contributed by atoms with E-state index in [1.165, 1.54) is 0 Å². The molecule has 0 aliphatic heterocycles. The van der Waals surface area contributed by atoms with Crippen molar-refractivity contribution in [1.82, 2.24) is 4.90 Å². The Morgan fingerprint density at radius 1 is 1.28 bits per heavy atom. The Kier molecular flexibility index (Phi) is 3.67. The minimum absolute atomic E-state index is 0.157. The second-order valence-corrected chi connectivity index (χ2v) is 4.23. The Morgan fingerprint density at radius 2 is 2.00 bits per heavy atom. The van der Waals surface area contributed by atoms with Gasteiger partial charge in [0, 0.05) is 12.7 Å². The first-order chi connectivity index (χ1) is 8.65. The van der Waals surface area contributed by atoms with E-state index in [1.807, 2.05) is 37.3 Å². The number of aryl methyl sites for hydroxylation is 1. The molecule has 0 atom stereocenters. The number of benzene rings is 1. The minimum Gasteiger partial charge on any atom is -0.467 e. The van der Waals surface area contributed by atoms with Crippen LogP contribution in [0, 0.1) is 6.92 Å². The van der Waals surface area contributed by atoms with Crippen LogP contribution >= 0.6 is 0 Å². The number of urea groups is 1. The van der Waals surface area contributed by atoms with Crippen LogP contribution < -0.4 is 5.32 Å². The lowest BCUT2D eigenvalue weighted by Crippen LogP contribution is -2.30. The normalized spacial score (nSPS) is 10.1. The molecule has 4 heteroatoms. The van der Waals surface area contributed by atoms with Gasteiger partial charge in [0.05, 0.1) is 12.8 Å². The number of hydrogen-bond donors (Lipinski definition) is 1. The van der Waals surface area contributed by atoms with Crippen LogP contribution in [0.15, 0.2) is 47.1 Å². The smallest absolute Gasteiger partial charge is 0.321 e. The number of furan rings is 1. The van der Waals surface area contributed by atoms with Crippen molar-refractivity contribution >= 4 is 11.7 Å². The maximum absolute atomic E-state index is 11.9. The van der Waals surface area contributed by atoms with Crippen molar-refractivity contribution in [3.8, 4) is 0 Å². The lowest BCUT2D eigenvalue weighted by Gasteiger charge is -2.16. The van der Waals surface area contributed by atoms with Crippen LogP contribution in [0.5, 0.6) is 0 Å². The predicted molar refractivity (Wildman–Crippen MR) is 70.4 cm³/mol. The molecule has 1 N–H and O–H groups in total. The summed E-state index contributed by atoms with van der Waals surface area (Å²) in [5.41, 5.74) is 1.95. The highest BCUT2D eigenvalue weighted by Crippen LogP contribution is 2.10. The molecule has 0 unspecified atom stereocenters. The van der Waals surface area contributed by atoms with Gasteiger partial charge in [-0.2, -0.15) is 0 Å². The zero-order valence-corrected chi connectivity index (χ0v) is 10.5. The lowest BCUT2D eigenvalue weighted by molar-refractivity contribution is 0.217. The van der Waals surface area contributed by atoms with Gasteiger partial charge in [-0.15, -0.1) is 0 Å². The Hall–Kier alpha value is -2.23. The Bertz CT molecular complexity index is 503. The van der Waals surface area contributed by atoms with Crippen molar-refractivity contribution in [3.05, 3.63) is 54.0 Å². The molecule has 0 fully saturated rings. The summed E-state index contributed by atoms with van der Waals surface area (Å²) in [6.45, 7) is 2.46. The van der Waals surface area contributed by atoms with E-state index in [-0.39, 0.29) is 6.03 Å². The molecule has 2 aromatic rings. The van der Waals surface area contributed by atoms with E-state index < -0.39 is 0 Å². The third-order valence-corrected chi connectivity index (χ3v) is 2.62. The molecular formula is C14H16N2O2. The van der Waals surface area contributed by atoms with E-state index in [0.717, 1.165) is 17.0 Å². The molecule has 94 valence electrons. The number of nitrogens with one attached hydrogen (secondary N) is 1. The standard InChI is InChI=1S/C14H16N2O2/c1-11-5-7-12(8-6-11)15-14(17)16(2)10-13-4-3-9-18-13/h3-9H,10H2,1-2H3,(H,15,17). The van der Waals surface area contributed by atoms with Crippen LogP contribution in [0.4, 0.5) is 10.5 Å². The highest BCUT2D eigenvalue weighted by atomic mass is 16.3. The molecule has 0 spiro atoms. The Balaban J connectivity index is 1.93. The Labute approximate surface area is 106 Å². The van der Waals surface area contributed by atoms with Crippen LogP contribution in [0.3, 0.4) is 0 Å². The third-order valence-electron chi connectivity index (χ3n) is 2.62. The van der Waals surface area contributed by atoms with Gasteiger partial charge in [-0.1, -0.05) is 17.7 Å². The molecule has 4 nitrogen and oxygen atoms in total. The van der Waals surface area contributed by atoms with Gasteiger partial charge in [0.25, 0.3) is 0 Å². The number of anilines is 1. The first-order valence-electron chi connectivity index (χ1n) is 5.76. The summed E-state index contributed by atoms with van der Waals surface area (Å²) >= 11 is 0. The van der Waals surface area contributed by atoms with Crippen molar-refractivity contribution < 1.29 is 9.21 Å². The molecule has 0 aliphatic carbocycles. The van der Waals surface area contributed by atoms with Gasteiger partial charge in [-0.05, 0) is 31.2 Å². The largest absolute Gasteiger partial charge is 0.467 e. The molecule has 0 saturated carbocycles. The number of nitrogens with zero attached hydrogens (tertiary/aromatic N) is 1. The van der Waals surface area contributed by atoms with Gasteiger partial charge in [-0.25, -0.2) is 4.79 Å². The molecule has 0 saturated heterocycles. The zero-order valence-electron chi connectivity index (χ0n) is 10.5. The van der Waals surface area contributed by atoms with E-state index in [4.69, 9.17) is 4.42 Å². The van der Waals surface area contributed by atoms with E-state index in [1.54, 1.807) is 24.3 Å². The Morgan fingerprint density at radius 3 is 2.61 bits per heavy atom. The molecule has 1 aromatic heterocycles. The molecule has 1 heterocycles. The van der Waals surface area contributed by atoms with Crippen LogP contribution in [-0.2, 0) is 6.54 Å². The van der Waals surface area contributed by atoms with Gasteiger partial charge in [0.15, 0.2) is 0 Å². The summed E-state index contributed by atoms with van der Waals surface area (Å²) in [7, 11) is 1.73. The predicted octanol–water partition coefficient (Wildman–Crippen LogP) is 3.25. The topological polar surface area (TPSA) is 45.5 Å². The second-order valence-electron chi connectivity index (χ2n) is 4.23. The monoisotopic (exact) mass is 244 g/mol. The van der Waals surface area contributed by atoms with Crippen molar-refractivity contribution in [2.24, 2.45) is 0 Å². The average molecular weight is 244 g/mol.